The molecule has 0 bridgehead atoms. The molecule has 0 aliphatic rings. The molecule has 2 N–H and O–H groups in total. The zero-order valence-corrected chi connectivity index (χ0v) is 7.21. The number of rotatable bonds is 1. The predicted octanol–water partition coefficient (Wildman–Crippen LogP) is 1.75. The second-order valence-corrected chi connectivity index (χ2v) is 2.65. The van der Waals surface area contributed by atoms with Gasteiger partial charge in [0.05, 0.1) is 10.6 Å². The van der Waals surface area contributed by atoms with E-state index in [9.17, 15) is 9.59 Å². The van der Waals surface area contributed by atoms with Crippen molar-refractivity contribution in [1.82, 2.24) is 5.32 Å². The van der Waals surface area contributed by atoms with Crippen molar-refractivity contribution in [3.8, 4) is 0 Å². The molecule has 0 aliphatic carbocycles. The smallest absolute Gasteiger partial charge is 0.411 e. The van der Waals surface area contributed by atoms with Crippen LogP contribution < -0.4 is 5.32 Å². The number of benzene rings is 1. The zero-order valence-electron chi connectivity index (χ0n) is 6.45. The Balaban J connectivity index is 2.89. The van der Waals surface area contributed by atoms with Crippen molar-refractivity contribution in [3.05, 3.63) is 34.9 Å². The van der Waals surface area contributed by atoms with Crippen LogP contribution in [0.2, 0.25) is 5.02 Å². The number of carbonyl (C=O) groups is 2. The van der Waals surface area contributed by atoms with Crippen LogP contribution in [0.5, 0.6) is 0 Å². The van der Waals surface area contributed by atoms with Gasteiger partial charge in [-0.2, -0.15) is 0 Å². The van der Waals surface area contributed by atoms with Crippen LogP contribution >= 0.6 is 11.6 Å². The number of carbonyl (C=O) groups excluding carboxylic acids is 1. The van der Waals surface area contributed by atoms with Crippen LogP contribution in [0.15, 0.2) is 24.3 Å². The first kappa shape index (κ1) is 9.54. The first-order valence-electron chi connectivity index (χ1n) is 3.40. The SMILES string of the molecule is O=C(O)NC(=O)c1ccccc1Cl. The molecule has 1 aromatic carbocycles. The summed E-state index contributed by atoms with van der Waals surface area (Å²) in [7, 11) is 0. The van der Waals surface area contributed by atoms with Gasteiger partial charge in [0.15, 0.2) is 0 Å². The highest BCUT2D eigenvalue weighted by Crippen LogP contribution is 2.14. The van der Waals surface area contributed by atoms with Crippen molar-refractivity contribution in [2.75, 3.05) is 0 Å². The van der Waals surface area contributed by atoms with Gasteiger partial charge in [-0.25, -0.2) is 4.79 Å². The van der Waals surface area contributed by atoms with Gasteiger partial charge in [0.1, 0.15) is 0 Å². The predicted molar refractivity (Wildman–Crippen MR) is 46.9 cm³/mol. The third-order valence-electron chi connectivity index (χ3n) is 1.34. The minimum absolute atomic E-state index is 0.145. The Labute approximate surface area is 79.1 Å². The quantitative estimate of drug-likeness (QED) is 0.724. The largest absolute Gasteiger partial charge is 0.465 e. The summed E-state index contributed by atoms with van der Waals surface area (Å²) in [5.41, 5.74) is 0.145. The molecule has 1 rings (SSSR count). The minimum Gasteiger partial charge on any atom is -0.465 e. The van der Waals surface area contributed by atoms with Crippen LogP contribution in [0, 0.1) is 0 Å². The Morgan fingerprint density at radius 2 is 1.92 bits per heavy atom. The Bertz CT molecular complexity index is 351. The molecule has 0 saturated carbocycles. The van der Waals surface area contributed by atoms with Gasteiger partial charge in [-0.1, -0.05) is 23.7 Å². The Morgan fingerprint density at radius 3 is 2.46 bits per heavy atom. The van der Waals surface area contributed by atoms with Crippen LogP contribution in [0.4, 0.5) is 4.79 Å². The van der Waals surface area contributed by atoms with Crippen LogP contribution in [-0.4, -0.2) is 17.1 Å². The van der Waals surface area contributed by atoms with E-state index in [0.29, 0.717) is 0 Å². The molecule has 68 valence electrons. The third-order valence-corrected chi connectivity index (χ3v) is 1.67. The maximum absolute atomic E-state index is 11.1. The molecule has 2 amide bonds. The van der Waals surface area contributed by atoms with Gasteiger partial charge < -0.3 is 5.11 Å². The van der Waals surface area contributed by atoms with E-state index in [2.05, 4.69) is 0 Å². The van der Waals surface area contributed by atoms with E-state index >= 15 is 0 Å². The van der Waals surface area contributed by atoms with Crippen LogP contribution in [0.3, 0.4) is 0 Å². The fraction of sp³-hybridized carbons (Fsp3) is 0. The first-order chi connectivity index (χ1) is 6.11. The van der Waals surface area contributed by atoms with Crippen molar-refractivity contribution in [2.45, 2.75) is 0 Å². The van der Waals surface area contributed by atoms with Gasteiger partial charge in [0.2, 0.25) is 0 Å². The van der Waals surface area contributed by atoms with E-state index in [1.165, 1.54) is 12.1 Å². The molecule has 1 aromatic rings. The minimum atomic E-state index is -1.40. The lowest BCUT2D eigenvalue weighted by Crippen LogP contribution is -2.28. The maximum Gasteiger partial charge on any atom is 0.411 e. The second-order valence-electron chi connectivity index (χ2n) is 2.24. The van der Waals surface area contributed by atoms with Crippen molar-refractivity contribution in [1.29, 1.82) is 0 Å². The lowest BCUT2D eigenvalue weighted by atomic mass is 10.2. The molecule has 0 saturated heterocycles. The molecule has 0 unspecified atom stereocenters. The van der Waals surface area contributed by atoms with Crippen molar-refractivity contribution in [3.63, 3.8) is 0 Å². The standard InChI is InChI=1S/C8H6ClNO3/c9-6-4-2-1-3-5(6)7(11)10-8(12)13/h1-4H,(H,10,11)(H,12,13). The summed E-state index contributed by atoms with van der Waals surface area (Å²) in [6.07, 6.45) is -1.40. The lowest BCUT2D eigenvalue weighted by Gasteiger charge is -2.01. The van der Waals surface area contributed by atoms with Crippen LogP contribution in [0.1, 0.15) is 10.4 Å². The van der Waals surface area contributed by atoms with E-state index in [1.807, 2.05) is 0 Å². The van der Waals surface area contributed by atoms with Gasteiger partial charge in [-0.3, -0.25) is 10.1 Å². The number of imide groups is 1. The van der Waals surface area contributed by atoms with Crippen LogP contribution in [-0.2, 0) is 0 Å². The number of hydrogen-bond donors (Lipinski definition) is 2. The zero-order chi connectivity index (χ0) is 9.84. The van der Waals surface area contributed by atoms with Crippen molar-refractivity contribution in [2.24, 2.45) is 0 Å². The number of halogens is 1. The molecule has 0 heterocycles. The normalized spacial score (nSPS) is 9.31. The summed E-state index contributed by atoms with van der Waals surface area (Å²) in [5, 5.41) is 10.2. The van der Waals surface area contributed by atoms with Crippen LogP contribution in [0.25, 0.3) is 0 Å². The average molecular weight is 200 g/mol. The van der Waals surface area contributed by atoms with E-state index in [1.54, 1.807) is 17.4 Å². The molecular weight excluding hydrogens is 194 g/mol. The fourth-order valence-corrected chi connectivity index (χ4v) is 1.03. The molecule has 0 radical (unpaired) electrons. The molecule has 0 aromatic heterocycles. The number of carboxylic acid groups (broad SMARTS) is 1. The molecule has 0 aliphatic heterocycles. The molecular formula is C8H6ClNO3. The molecule has 0 atom stereocenters. The van der Waals surface area contributed by atoms with Gasteiger partial charge in [-0.05, 0) is 12.1 Å². The number of nitrogens with one attached hydrogen (secondary N) is 1. The molecule has 0 spiro atoms. The molecule has 0 fully saturated rings. The summed E-state index contributed by atoms with van der Waals surface area (Å²) >= 11 is 5.65. The summed E-state index contributed by atoms with van der Waals surface area (Å²) in [4.78, 5) is 21.2. The first-order valence-corrected chi connectivity index (χ1v) is 3.78. The summed E-state index contributed by atoms with van der Waals surface area (Å²) < 4.78 is 0. The highest BCUT2D eigenvalue weighted by atomic mass is 35.5. The highest BCUT2D eigenvalue weighted by molar-refractivity contribution is 6.34. The lowest BCUT2D eigenvalue weighted by molar-refractivity contribution is 0.0948. The Morgan fingerprint density at radius 1 is 1.31 bits per heavy atom. The summed E-state index contributed by atoms with van der Waals surface area (Å²) in [6.45, 7) is 0. The van der Waals surface area contributed by atoms with E-state index in [4.69, 9.17) is 16.7 Å². The summed E-state index contributed by atoms with van der Waals surface area (Å²) in [6, 6.07) is 6.21. The molecule has 13 heavy (non-hydrogen) atoms. The monoisotopic (exact) mass is 199 g/mol. The van der Waals surface area contributed by atoms with Gasteiger partial charge >= 0.3 is 6.09 Å². The third kappa shape index (κ3) is 2.45. The Hall–Kier alpha value is -1.55. The Kier molecular flexibility index (Phi) is 2.87. The number of amides is 2. The maximum atomic E-state index is 11.1. The van der Waals surface area contributed by atoms with Gasteiger partial charge in [0, 0.05) is 0 Å². The molecule has 5 heteroatoms. The second kappa shape index (κ2) is 3.91. The van der Waals surface area contributed by atoms with E-state index in [0.717, 1.165) is 0 Å². The number of hydrogen-bond acceptors (Lipinski definition) is 2. The van der Waals surface area contributed by atoms with E-state index < -0.39 is 12.0 Å². The van der Waals surface area contributed by atoms with Gasteiger partial charge in [-0.15, -0.1) is 0 Å². The van der Waals surface area contributed by atoms with Crippen molar-refractivity contribution >= 4 is 23.6 Å². The average Bonchev–Trinajstić information content (AvgIpc) is 2.03. The summed E-state index contributed by atoms with van der Waals surface area (Å²) in [5.74, 6) is -0.724. The highest BCUT2D eigenvalue weighted by Gasteiger charge is 2.11. The molecule has 4 nitrogen and oxygen atoms in total. The van der Waals surface area contributed by atoms with Gasteiger partial charge in [0.25, 0.3) is 5.91 Å². The van der Waals surface area contributed by atoms with E-state index in [-0.39, 0.29) is 10.6 Å². The topological polar surface area (TPSA) is 66.4 Å². The fourth-order valence-electron chi connectivity index (χ4n) is 0.810. The van der Waals surface area contributed by atoms with Crippen molar-refractivity contribution < 1.29 is 14.7 Å².